The van der Waals surface area contributed by atoms with Crippen molar-refractivity contribution < 1.29 is 14.3 Å². The van der Waals surface area contributed by atoms with Gasteiger partial charge in [-0.2, -0.15) is 0 Å². The number of methoxy groups -OCH3 is 1. The fourth-order valence-corrected chi connectivity index (χ4v) is 1.44. The predicted octanol–water partition coefficient (Wildman–Crippen LogP) is 1.80. The van der Waals surface area contributed by atoms with Gasteiger partial charge in [-0.15, -0.1) is 0 Å². The number of amides is 1. The molecule has 0 aliphatic heterocycles. The highest BCUT2D eigenvalue weighted by Crippen LogP contribution is 2.27. The Bertz CT molecular complexity index is 427. The lowest BCUT2D eigenvalue weighted by atomic mass is 10.1. The van der Waals surface area contributed by atoms with Crippen molar-refractivity contribution in [1.29, 1.82) is 0 Å². The topological polar surface area (TPSA) is 46.6 Å². The number of hydrogen-bond acceptors (Lipinski definition) is 3. The summed E-state index contributed by atoms with van der Waals surface area (Å²) >= 11 is 0. The van der Waals surface area contributed by atoms with Crippen LogP contribution in [-0.2, 0) is 4.79 Å². The molecule has 0 spiro atoms. The van der Waals surface area contributed by atoms with Gasteiger partial charge in [-0.25, -0.2) is 0 Å². The third-order valence-corrected chi connectivity index (χ3v) is 2.53. The maximum atomic E-state index is 11.2. The molecule has 1 aromatic carbocycles. The summed E-state index contributed by atoms with van der Waals surface area (Å²) in [6, 6.07) is 3.46. The molecule has 0 heterocycles. The van der Waals surface area contributed by atoms with Crippen LogP contribution in [0.4, 0.5) is 5.69 Å². The molecule has 4 nitrogen and oxygen atoms in total. The van der Waals surface area contributed by atoms with Gasteiger partial charge in [0.15, 0.2) is 6.29 Å². The highest BCUT2D eigenvalue weighted by molar-refractivity contribution is 5.92. The van der Waals surface area contributed by atoms with Crippen LogP contribution in [0.25, 0.3) is 0 Å². The molecule has 0 aliphatic rings. The number of benzene rings is 1. The Balaban J connectivity index is 3.30. The first-order chi connectivity index (χ1) is 7.51. The molecule has 4 heteroatoms. The minimum Gasteiger partial charge on any atom is -0.496 e. The zero-order chi connectivity index (χ0) is 12.3. The number of ether oxygens (including phenoxy) is 1. The summed E-state index contributed by atoms with van der Waals surface area (Å²) in [4.78, 5) is 23.6. The normalized spacial score (nSPS) is 9.75. The fourth-order valence-electron chi connectivity index (χ4n) is 1.44. The van der Waals surface area contributed by atoms with Gasteiger partial charge in [-0.05, 0) is 18.6 Å². The first-order valence-corrected chi connectivity index (χ1v) is 4.89. The number of carbonyl (C=O) groups is 2. The molecule has 1 rings (SSSR count). The second-order valence-electron chi connectivity index (χ2n) is 3.57. The molecule has 0 aromatic heterocycles. The number of rotatable bonds is 3. The molecule has 86 valence electrons. The Labute approximate surface area is 94.8 Å². The largest absolute Gasteiger partial charge is 0.496 e. The van der Waals surface area contributed by atoms with Gasteiger partial charge in [0.25, 0.3) is 0 Å². The third kappa shape index (κ3) is 2.21. The van der Waals surface area contributed by atoms with E-state index in [1.807, 2.05) is 6.92 Å². The molecule has 0 radical (unpaired) electrons. The number of nitrogens with zero attached hydrogens (tertiary/aromatic N) is 1. The van der Waals surface area contributed by atoms with E-state index in [0.29, 0.717) is 17.0 Å². The minimum absolute atomic E-state index is 0.0692. The smallest absolute Gasteiger partial charge is 0.223 e. The van der Waals surface area contributed by atoms with E-state index in [2.05, 4.69) is 0 Å². The Hall–Kier alpha value is -1.84. The predicted molar refractivity (Wildman–Crippen MR) is 62.2 cm³/mol. The Morgan fingerprint density at radius 2 is 2.06 bits per heavy atom. The van der Waals surface area contributed by atoms with Crippen molar-refractivity contribution in [3.8, 4) is 5.75 Å². The van der Waals surface area contributed by atoms with Crippen molar-refractivity contribution >= 4 is 17.9 Å². The average molecular weight is 221 g/mol. The highest BCUT2D eigenvalue weighted by atomic mass is 16.5. The first kappa shape index (κ1) is 12.2. The van der Waals surface area contributed by atoms with Gasteiger partial charge in [0, 0.05) is 25.7 Å². The van der Waals surface area contributed by atoms with Crippen LogP contribution in [0.5, 0.6) is 5.75 Å². The van der Waals surface area contributed by atoms with Gasteiger partial charge in [0.2, 0.25) is 5.91 Å². The number of carbonyl (C=O) groups excluding carboxylic acids is 2. The lowest BCUT2D eigenvalue weighted by molar-refractivity contribution is -0.116. The van der Waals surface area contributed by atoms with Crippen molar-refractivity contribution in [1.82, 2.24) is 0 Å². The Morgan fingerprint density at radius 1 is 1.44 bits per heavy atom. The van der Waals surface area contributed by atoms with E-state index in [4.69, 9.17) is 4.74 Å². The zero-order valence-electron chi connectivity index (χ0n) is 9.90. The average Bonchev–Trinajstić information content (AvgIpc) is 2.26. The second kappa shape index (κ2) is 4.79. The quantitative estimate of drug-likeness (QED) is 0.731. The number of anilines is 1. The molecule has 0 unspecified atom stereocenters. The Morgan fingerprint density at radius 3 is 2.50 bits per heavy atom. The van der Waals surface area contributed by atoms with Crippen LogP contribution in [0, 0.1) is 6.92 Å². The van der Waals surface area contributed by atoms with Crippen molar-refractivity contribution in [3.05, 3.63) is 23.3 Å². The minimum atomic E-state index is -0.0692. The molecule has 1 amide bonds. The zero-order valence-corrected chi connectivity index (χ0v) is 9.90. The highest BCUT2D eigenvalue weighted by Gasteiger charge is 2.12. The van der Waals surface area contributed by atoms with Gasteiger partial charge in [0.1, 0.15) is 5.75 Å². The maximum absolute atomic E-state index is 11.2. The standard InChI is InChI=1S/C12H15NO3/c1-8-5-10(13(3)9(2)15)6-12(16-4)11(8)7-14/h5-7H,1-4H3. The van der Waals surface area contributed by atoms with Crippen LogP contribution in [0.1, 0.15) is 22.8 Å². The van der Waals surface area contributed by atoms with E-state index in [-0.39, 0.29) is 5.91 Å². The van der Waals surface area contributed by atoms with Gasteiger partial charge in [-0.3, -0.25) is 9.59 Å². The van der Waals surface area contributed by atoms with E-state index in [9.17, 15) is 9.59 Å². The second-order valence-corrected chi connectivity index (χ2v) is 3.57. The van der Waals surface area contributed by atoms with Crippen molar-refractivity contribution in [2.45, 2.75) is 13.8 Å². The molecular weight excluding hydrogens is 206 g/mol. The molecule has 1 aromatic rings. The molecule has 0 N–H and O–H groups in total. The SMILES string of the molecule is COc1cc(N(C)C(C)=O)cc(C)c1C=O. The molecular formula is C12H15NO3. The van der Waals surface area contributed by atoms with E-state index < -0.39 is 0 Å². The number of aryl methyl sites for hydroxylation is 1. The molecule has 0 fully saturated rings. The lowest BCUT2D eigenvalue weighted by Gasteiger charge is -2.18. The van der Waals surface area contributed by atoms with Gasteiger partial charge in [0.05, 0.1) is 12.7 Å². The molecule has 0 atom stereocenters. The van der Waals surface area contributed by atoms with Crippen molar-refractivity contribution in [2.75, 3.05) is 19.1 Å². The fraction of sp³-hybridized carbons (Fsp3) is 0.333. The molecule has 0 saturated heterocycles. The van der Waals surface area contributed by atoms with E-state index in [0.717, 1.165) is 11.8 Å². The van der Waals surface area contributed by atoms with Crippen LogP contribution >= 0.6 is 0 Å². The van der Waals surface area contributed by atoms with E-state index in [1.54, 1.807) is 19.2 Å². The van der Waals surface area contributed by atoms with Crippen LogP contribution in [-0.4, -0.2) is 26.4 Å². The summed E-state index contributed by atoms with van der Waals surface area (Å²) in [6.07, 6.45) is 0.756. The molecule has 0 saturated carbocycles. The van der Waals surface area contributed by atoms with E-state index >= 15 is 0 Å². The maximum Gasteiger partial charge on any atom is 0.223 e. The monoisotopic (exact) mass is 221 g/mol. The summed E-state index contributed by atoms with van der Waals surface area (Å²) < 4.78 is 5.12. The van der Waals surface area contributed by atoms with Gasteiger partial charge < -0.3 is 9.64 Å². The Kier molecular flexibility index (Phi) is 3.66. The van der Waals surface area contributed by atoms with Gasteiger partial charge in [-0.1, -0.05) is 0 Å². The van der Waals surface area contributed by atoms with Crippen LogP contribution in [0.3, 0.4) is 0 Å². The number of aldehydes is 1. The summed E-state index contributed by atoms with van der Waals surface area (Å²) in [5.41, 5.74) is 2.02. The summed E-state index contributed by atoms with van der Waals surface area (Å²) in [5, 5.41) is 0. The van der Waals surface area contributed by atoms with Crippen molar-refractivity contribution in [2.24, 2.45) is 0 Å². The molecule has 0 bridgehead atoms. The molecule has 16 heavy (non-hydrogen) atoms. The third-order valence-electron chi connectivity index (χ3n) is 2.53. The summed E-state index contributed by atoms with van der Waals surface area (Å²) in [7, 11) is 3.18. The van der Waals surface area contributed by atoms with Crippen LogP contribution in [0.15, 0.2) is 12.1 Å². The molecule has 0 aliphatic carbocycles. The first-order valence-electron chi connectivity index (χ1n) is 4.89. The van der Waals surface area contributed by atoms with Crippen LogP contribution in [0.2, 0.25) is 0 Å². The van der Waals surface area contributed by atoms with Crippen LogP contribution < -0.4 is 9.64 Å². The van der Waals surface area contributed by atoms with E-state index in [1.165, 1.54) is 18.9 Å². The van der Waals surface area contributed by atoms with Crippen molar-refractivity contribution in [3.63, 3.8) is 0 Å². The lowest BCUT2D eigenvalue weighted by Crippen LogP contribution is -2.23. The summed E-state index contributed by atoms with van der Waals surface area (Å²) in [6.45, 7) is 3.29. The number of hydrogen-bond donors (Lipinski definition) is 0. The van der Waals surface area contributed by atoms with Gasteiger partial charge >= 0.3 is 0 Å². The summed E-state index contributed by atoms with van der Waals surface area (Å²) in [5.74, 6) is 0.415.